The van der Waals surface area contributed by atoms with Crippen molar-refractivity contribution in [3.8, 4) is 5.88 Å². The van der Waals surface area contributed by atoms with Crippen LogP contribution in [-0.2, 0) is 6.42 Å². The number of likely N-dealkylation sites (N-methyl/N-ethyl adjacent to an activating group) is 1. The fourth-order valence-corrected chi connectivity index (χ4v) is 2.29. The molecule has 0 spiro atoms. The molecule has 0 saturated carbocycles. The van der Waals surface area contributed by atoms with Crippen LogP contribution in [0.2, 0.25) is 0 Å². The molecule has 0 aromatic carbocycles. The average Bonchev–Trinajstić information content (AvgIpc) is 2.55. The van der Waals surface area contributed by atoms with E-state index < -0.39 is 0 Å². The number of hydrogen-bond acceptors (Lipinski definition) is 5. The lowest BCUT2D eigenvalue weighted by atomic mass is 10.1. The van der Waals surface area contributed by atoms with Crippen LogP contribution >= 0.6 is 0 Å². The second-order valence-corrected chi connectivity index (χ2v) is 4.97. The van der Waals surface area contributed by atoms with Gasteiger partial charge < -0.3 is 10.5 Å². The highest BCUT2D eigenvalue weighted by molar-refractivity contribution is 5.21. The van der Waals surface area contributed by atoms with Crippen molar-refractivity contribution in [2.75, 3.05) is 27.2 Å². The van der Waals surface area contributed by atoms with E-state index in [1.807, 2.05) is 42.9 Å². The first-order valence-corrected chi connectivity index (χ1v) is 7.03. The molecule has 0 saturated heterocycles. The summed E-state index contributed by atoms with van der Waals surface area (Å²) < 4.78 is 5.09. The first-order chi connectivity index (χ1) is 10.2. The highest BCUT2D eigenvalue weighted by atomic mass is 16.5. The van der Waals surface area contributed by atoms with Crippen molar-refractivity contribution < 1.29 is 4.74 Å². The average molecular weight is 286 g/mol. The Hall–Kier alpha value is -1.98. The lowest BCUT2D eigenvalue weighted by Gasteiger charge is -2.27. The topological polar surface area (TPSA) is 64.3 Å². The molecule has 0 bridgehead atoms. The Morgan fingerprint density at radius 3 is 2.57 bits per heavy atom. The predicted octanol–water partition coefficient (Wildman–Crippen LogP) is 1.66. The normalized spacial score (nSPS) is 12.4. The molecule has 0 fully saturated rings. The first kappa shape index (κ1) is 15.4. The summed E-state index contributed by atoms with van der Waals surface area (Å²) in [5.74, 6) is 0.619. The standard InChI is InChI=1S/C16H22N4O/c1-20(10-7-13-5-8-18-9-6-13)15(11-17)14-3-4-16(21-2)19-12-14/h3-6,8-9,12,15H,7,10-11,17H2,1-2H3. The van der Waals surface area contributed by atoms with Crippen LogP contribution in [0.1, 0.15) is 17.2 Å². The van der Waals surface area contributed by atoms with Crippen molar-refractivity contribution in [3.05, 3.63) is 54.0 Å². The van der Waals surface area contributed by atoms with Gasteiger partial charge in [-0.1, -0.05) is 6.07 Å². The Bertz CT molecular complexity index is 530. The molecule has 0 radical (unpaired) electrons. The molecule has 0 aliphatic rings. The maximum Gasteiger partial charge on any atom is 0.212 e. The summed E-state index contributed by atoms with van der Waals surface area (Å²) >= 11 is 0. The summed E-state index contributed by atoms with van der Waals surface area (Å²) in [6, 6.07) is 8.13. The monoisotopic (exact) mass is 286 g/mol. The van der Waals surface area contributed by atoms with Gasteiger partial charge in [0, 0.05) is 43.8 Å². The maximum absolute atomic E-state index is 5.93. The van der Waals surface area contributed by atoms with E-state index in [0.717, 1.165) is 18.5 Å². The van der Waals surface area contributed by atoms with Crippen LogP contribution in [0.3, 0.4) is 0 Å². The van der Waals surface area contributed by atoms with Gasteiger partial charge in [-0.25, -0.2) is 4.98 Å². The zero-order valence-corrected chi connectivity index (χ0v) is 12.6. The molecule has 0 aliphatic heterocycles. The second-order valence-electron chi connectivity index (χ2n) is 4.97. The van der Waals surface area contributed by atoms with E-state index in [0.29, 0.717) is 12.4 Å². The molecule has 2 heterocycles. The van der Waals surface area contributed by atoms with E-state index in [-0.39, 0.29) is 6.04 Å². The molecular formula is C16H22N4O. The molecule has 1 unspecified atom stereocenters. The van der Waals surface area contributed by atoms with E-state index in [4.69, 9.17) is 10.5 Å². The van der Waals surface area contributed by atoms with Crippen LogP contribution in [0.25, 0.3) is 0 Å². The molecule has 21 heavy (non-hydrogen) atoms. The molecule has 0 aliphatic carbocycles. The van der Waals surface area contributed by atoms with E-state index in [1.165, 1.54) is 5.56 Å². The first-order valence-electron chi connectivity index (χ1n) is 7.03. The molecule has 1 atom stereocenters. The Morgan fingerprint density at radius 2 is 2.00 bits per heavy atom. The number of hydrogen-bond donors (Lipinski definition) is 1. The summed E-state index contributed by atoms with van der Waals surface area (Å²) in [5, 5.41) is 0. The largest absolute Gasteiger partial charge is 0.481 e. The Kier molecular flexibility index (Phi) is 5.66. The van der Waals surface area contributed by atoms with E-state index in [1.54, 1.807) is 7.11 Å². The number of methoxy groups -OCH3 is 1. The zero-order chi connectivity index (χ0) is 15.1. The quantitative estimate of drug-likeness (QED) is 0.838. The van der Waals surface area contributed by atoms with E-state index in [2.05, 4.69) is 21.9 Å². The number of ether oxygens (including phenoxy) is 1. The van der Waals surface area contributed by atoms with Gasteiger partial charge in [-0.15, -0.1) is 0 Å². The van der Waals surface area contributed by atoms with Crippen molar-refractivity contribution in [2.45, 2.75) is 12.5 Å². The lowest BCUT2D eigenvalue weighted by Crippen LogP contribution is -2.32. The molecule has 2 N–H and O–H groups in total. The number of nitrogens with two attached hydrogens (primary N) is 1. The fraction of sp³-hybridized carbons (Fsp3) is 0.375. The maximum atomic E-state index is 5.93. The number of pyridine rings is 2. The third-order valence-corrected chi connectivity index (χ3v) is 3.61. The molecule has 2 rings (SSSR count). The van der Waals surface area contributed by atoms with Crippen LogP contribution < -0.4 is 10.5 Å². The highest BCUT2D eigenvalue weighted by Gasteiger charge is 2.15. The van der Waals surface area contributed by atoms with Crippen molar-refractivity contribution in [3.63, 3.8) is 0 Å². The minimum absolute atomic E-state index is 0.158. The van der Waals surface area contributed by atoms with Gasteiger partial charge in [-0.2, -0.15) is 0 Å². The molecule has 5 nitrogen and oxygen atoms in total. The van der Waals surface area contributed by atoms with Crippen molar-refractivity contribution in [1.29, 1.82) is 0 Å². The number of rotatable bonds is 7. The van der Waals surface area contributed by atoms with Crippen LogP contribution in [0.15, 0.2) is 42.9 Å². The lowest BCUT2D eigenvalue weighted by molar-refractivity contribution is 0.252. The van der Waals surface area contributed by atoms with Gasteiger partial charge in [0.2, 0.25) is 5.88 Å². The van der Waals surface area contributed by atoms with Gasteiger partial charge in [-0.3, -0.25) is 9.88 Å². The smallest absolute Gasteiger partial charge is 0.212 e. The van der Waals surface area contributed by atoms with Crippen molar-refractivity contribution in [2.24, 2.45) is 5.73 Å². The molecule has 5 heteroatoms. The predicted molar refractivity (Wildman–Crippen MR) is 83.2 cm³/mol. The fourth-order valence-electron chi connectivity index (χ4n) is 2.29. The summed E-state index contributed by atoms with van der Waals surface area (Å²) in [7, 11) is 3.70. The SMILES string of the molecule is COc1ccc(C(CN)N(C)CCc2ccncc2)cn1. The number of nitrogens with zero attached hydrogens (tertiary/aromatic N) is 3. The minimum atomic E-state index is 0.158. The summed E-state index contributed by atoms with van der Waals surface area (Å²) in [4.78, 5) is 10.5. The van der Waals surface area contributed by atoms with E-state index >= 15 is 0 Å². The van der Waals surface area contributed by atoms with Gasteiger partial charge in [-0.05, 0) is 36.7 Å². The van der Waals surface area contributed by atoms with Crippen LogP contribution in [0.4, 0.5) is 0 Å². The summed E-state index contributed by atoms with van der Waals surface area (Å²) in [5.41, 5.74) is 8.32. The summed E-state index contributed by atoms with van der Waals surface area (Å²) in [6.07, 6.45) is 6.45. The van der Waals surface area contributed by atoms with Gasteiger partial charge >= 0.3 is 0 Å². The van der Waals surface area contributed by atoms with Crippen LogP contribution in [0.5, 0.6) is 5.88 Å². The van der Waals surface area contributed by atoms with Gasteiger partial charge in [0.05, 0.1) is 7.11 Å². The number of aromatic nitrogens is 2. The molecular weight excluding hydrogens is 264 g/mol. The molecule has 2 aromatic rings. The highest BCUT2D eigenvalue weighted by Crippen LogP contribution is 2.19. The van der Waals surface area contributed by atoms with Crippen LogP contribution in [0, 0.1) is 0 Å². The molecule has 2 aromatic heterocycles. The summed E-state index contributed by atoms with van der Waals surface area (Å²) in [6.45, 7) is 1.48. The molecule has 0 amide bonds. The van der Waals surface area contributed by atoms with Crippen molar-refractivity contribution >= 4 is 0 Å². The minimum Gasteiger partial charge on any atom is -0.481 e. The Morgan fingerprint density at radius 1 is 1.24 bits per heavy atom. The third-order valence-electron chi connectivity index (χ3n) is 3.61. The van der Waals surface area contributed by atoms with Crippen molar-refractivity contribution in [1.82, 2.24) is 14.9 Å². The van der Waals surface area contributed by atoms with E-state index in [9.17, 15) is 0 Å². The third kappa shape index (κ3) is 4.24. The van der Waals surface area contributed by atoms with Gasteiger partial charge in [0.25, 0.3) is 0 Å². The van der Waals surface area contributed by atoms with Gasteiger partial charge in [0.15, 0.2) is 0 Å². The van der Waals surface area contributed by atoms with Gasteiger partial charge in [0.1, 0.15) is 0 Å². The Balaban J connectivity index is 1.98. The zero-order valence-electron chi connectivity index (χ0n) is 12.6. The second kappa shape index (κ2) is 7.71. The Labute approximate surface area is 125 Å². The molecule has 112 valence electrons. The van der Waals surface area contributed by atoms with Crippen LogP contribution in [-0.4, -0.2) is 42.1 Å².